The van der Waals surface area contributed by atoms with Crippen molar-refractivity contribution in [3.05, 3.63) is 63.5 Å². The van der Waals surface area contributed by atoms with Gasteiger partial charge >= 0.3 is 0 Å². The molecule has 2 N–H and O–H groups in total. The highest BCUT2D eigenvalue weighted by atomic mass is 35.5. The van der Waals surface area contributed by atoms with Crippen LogP contribution in [0.15, 0.2) is 35.1 Å². The maximum absolute atomic E-state index is 10.0. The summed E-state index contributed by atoms with van der Waals surface area (Å²) in [5.41, 5.74) is 4.13. The molecule has 1 aliphatic heterocycles. The summed E-state index contributed by atoms with van der Waals surface area (Å²) in [5, 5.41) is 17.8. The normalized spacial score (nSPS) is 13.6. The predicted octanol–water partition coefficient (Wildman–Crippen LogP) is 3.99. The third kappa shape index (κ3) is 5.10. The van der Waals surface area contributed by atoms with Crippen molar-refractivity contribution in [2.24, 2.45) is 0 Å². The molecule has 10 nitrogen and oxygen atoms in total. The van der Waals surface area contributed by atoms with Gasteiger partial charge in [-0.1, -0.05) is 28.4 Å². The van der Waals surface area contributed by atoms with Crippen LogP contribution in [-0.4, -0.2) is 56.5 Å². The van der Waals surface area contributed by atoms with Crippen LogP contribution in [-0.2, 0) is 13.1 Å². The van der Waals surface area contributed by atoms with Gasteiger partial charge in [-0.3, -0.25) is 9.97 Å². The summed E-state index contributed by atoms with van der Waals surface area (Å²) >= 11 is 13.6. The molecule has 0 bridgehead atoms. The van der Waals surface area contributed by atoms with Crippen molar-refractivity contribution < 1.29 is 14.4 Å². The summed E-state index contributed by atoms with van der Waals surface area (Å²) in [6.45, 7) is 5.17. The molecule has 0 saturated carbocycles. The van der Waals surface area contributed by atoms with Gasteiger partial charge in [0.1, 0.15) is 34.9 Å². The molecule has 5 rings (SSSR count). The fourth-order valence-corrected chi connectivity index (χ4v) is 4.73. The summed E-state index contributed by atoms with van der Waals surface area (Å²) in [6.07, 6.45) is 2.68. The maximum atomic E-state index is 10.0. The van der Waals surface area contributed by atoms with Gasteiger partial charge in [-0.05, 0) is 39.1 Å². The number of fused-ring (bicyclic) bond motifs is 1. The molecule has 1 atom stereocenters. The first-order valence-electron chi connectivity index (χ1n) is 11.7. The van der Waals surface area contributed by atoms with Gasteiger partial charge < -0.3 is 24.6 Å². The van der Waals surface area contributed by atoms with Crippen molar-refractivity contribution in [3.8, 4) is 28.4 Å². The summed E-state index contributed by atoms with van der Waals surface area (Å²) in [4.78, 5) is 20.5. The van der Waals surface area contributed by atoms with Crippen LogP contribution in [0.3, 0.4) is 0 Å². The number of hydrogen-bond acceptors (Lipinski definition) is 10. The first-order chi connectivity index (χ1) is 17.9. The number of nitrogens with one attached hydrogen (secondary N) is 1. The number of hydrogen-bond donors (Lipinski definition) is 2. The molecule has 37 heavy (non-hydrogen) atoms. The number of rotatable bonds is 8. The minimum Gasteiger partial charge on any atom is -0.491 e. The lowest BCUT2D eigenvalue weighted by atomic mass is 10.1. The van der Waals surface area contributed by atoms with Crippen molar-refractivity contribution in [3.63, 3.8) is 0 Å². The van der Waals surface area contributed by atoms with Crippen molar-refractivity contribution >= 4 is 29.0 Å². The van der Waals surface area contributed by atoms with E-state index in [0.29, 0.717) is 75.3 Å². The molecule has 0 saturated heterocycles. The van der Waals surface area contributed by atoms with E-state index in [1.54, 1.807) is 37.6 Å². The third-order valence-electron chi connectivity index (χ3n) is 6.01. The lowest BCUT2D eigenvalue weighted by molar-refractivity contribution is 0.108. The van der Waals surface area contributed by atoms with Crippen LogP contribution in [0.25, 0.3) is 22.6 Å². The second kappa shape index (κ2) is 10.6. The minimum atomic E-state index is -0.660. The highest BCUT2D eigenvalue weighted by Crippen LogP contribution is 2.41. The van der Waals surface area contributed by atoms with Crippen LogP contribution in [0.2, 0.25) is 10.0 Å². The topological polar surface area (TPSA) is 122 Å². The van der Waals surface area contributed by atoms with Crippen LogP contribution >= 0.6 is 23.2 Å². The number of aryl methyl sites for hydroxylation is 2. The Morgan fingerprint density at radius 3 is 2.51 bits per heavy atom. The molecule has 0 radical (unpaired) electrons. The Balaban J connectivity index is 1.60. The summed E-state index contributed by atoms with van der Waals surface area (Å²) in [7, 11) is 1.76. The quantitative estimate of drug-likeness (QED) is 0.338. The van der Waals surface area contributed by atoms with E-state index in [4.69, 9.17) is 42.4 Å². The van der Waals surface area contributed by atoms with E-state index >= 15 is 0 Å². The Morgan fingerprint density at radius 2 is 1.86 bits per heavy atom. The molecule has 4 heterocycles. The van der Waals surface area contributed by atoms with Gasteiger partial charge in [0, 0.05) is 24.5 Å². The zero-order valence-electron chi connectivity index (χ0n) is 20.5. The highest BCUT2D eigenvalue weighted by Gasteiger charge is 2.29. The van der Waals surface area contributed by atoms with E-state index in [2.05, 4.69) is 20.4 Å². The molecule has 12 heteroatoms. The molecule has 4 aromatic rings. The number of anilines is 1. The van der Waals surface area contributed by atoms with Crippen molar-refractivity contribution in [2.45, 2.75) is 33.0 Å². The first kappa shape index (κ1) is 25.3. The molecular weight excluding hydrogens is 517 g/mol. The number of aliphatic hydroxyl groups excluding tert-OH is 1. The number of likely N-dealkylation sites (N-methyl/N-ethyl adjacent to an activating group) is 1. The Bertz CT molecular complexity index is 1400. The average Bonchev–Trinajstić information content (AvgIpc) is 3.46. The van der Waals surface area contributed by atoms with Gasteiger partial charge in [-0.15, -0.1) is 0 Å². The summed E-state index contributed by atoms with van der Waals surface area (Å²) < 4.78 is 11.2. The zero-order chi connectivity index (χ0) is 26.1. The Morgan fingerprint density at radius 1 is 1.14 bits per heavy atom. The Labute approximate surface area is 223 Å². The van der Waals surface area contributed by atoms with Crippen LogP contribution in [0, 0.1) is 13.8 Å². The van der Waals surface area contributed by atoms with E-state index in [1.807, 2.05) is 18.7 Å². The van der Waals surface area contributed by atoms with E-state index in [1.165, 1.54) is 0 Å². The molecule has 1 aliphatic rings. The molecule has 0 spiro atoms. The number of nitrogens with zero attached hydrogens (tertiary/aromatic N) is 6. The lowest BCUT2D eigenvalue weighted by Crippen LogP contribution is -2.29. The van der Waals surface area contributed by atoms with Gasteiger partial charge in [0.2, 0.25) is 0 Å². The molecule has 3 aromatic heterocycles. The van der Waals surface area contributed by atoms with Gasteiger partial charge in [-0.2, -0.15) is 0 Å². The van der Waals surface area contributed by atoms with Gasteiger partial charge in [0.15, 0.2) is 11.6 Å². The van der Waals surface area contributed by atoms with Crippen molar-refractivity contribution in [2.75, 3.05) is 25.1 Å². The average molecular weight is 542 g/mol. The molecule has 0 fully saturated rings. The van der Waals surface area contributed by atoms with Crippen LogP contribution in [0.1, 0.15) is 22.8 Å². The zero-order valence-corrected chi connectivity index (χ0v) is 22.0. The fourth-order valence-electron chi connectivity index (χ4n) is 4.23. The molecule has 0 amide bonds. The van der Waals surface area contributed by atoms with Gasteiger partial charge in [-0.25, -0.2) is 9.97 Å². The molecule has 1 aromatic carbocycles. The highest BCUT2D eigenvalue weighted by molar-refractivity contribution is 6.36. The van der Waals surface area contributed by atoms with E-state index in [-0.39, 0.29) is 6.61 Å². The number of halogens is 2. The molecule has 1 unspecified atom stereocenters. The minimum absolute atomic E-state index is 0.116. The first-order valence-corrected chi connectivity index (χ1v) is 12.4. The van der Waals surface area contributed by atoms with E-state index < -0.39 is 6.10 Å². The van der Waals surface area contributed by atoms with E-state index in [9.17, 15) is 5.11 Å². The summed E-state index contributed by atoms with van der Waals surface area (Å²) in [6, 6.07) is 5.20. The molecular formula is C25H25Cl2N7O3. The van der Waals surface area contributed by atoms with Gasteiger partial charge in [0.25, 0.3) is 0 Å². The fraction of sp³-hybridized carbons (Fsp3) is 0.320. The second-order valence-electron chi connectivity index (χ2n) is 8.70. The number of benzene rings is 1. The smallest absolute Gasteiger partial charge is 0.163 e. The van der Waals surface area contributed by atoms with E-state index in [0.717, 1.165) is 11.4 Å². The molecule has 0 aliphatic carbocycles. The third-order valence-corrected chi connectivity index (χ3v) is 6.68. The predicted molar refractivity (Wildman–Crippen MR) is 140 cm³/mol. The number of aliphatic hydroxyl groups is 1. The SMILES string of the molecule is CNCC(O)COc1ccc(Cl)c(-c2nc(-c3c(C)noc3C)c(Cl)c(N3Cc4nccnc4C3)n2)c1. The van der Waals surface area contributed by atoms with Crippen molar-refractivity contribution in [1.29, 1.82) is 0 Å². The Hall–Kier alpha value is -3.31. The lowest BCUT2D eigenvalue weighted by Gasteiger charge is -2.20. The van der Waals surface area contributed by atoms with Crippen molar-refractivity contribution in [1.82, 2.24) is 30.4 Å². The maximum Gasteiger partial charge on any atom is 0.163 e. The van der Waals surface area contributed by atoms with Gasteiger partial charge in [0.05, 0.1) is 40.8 Å². The second-order valence-corrected chi connectivity index (χ2v) is 9.49. The van der Waals surface area contributed by atoms with Crippen LogP contribution < -0.4 is 15.0 Å². The monoisotopic (exact) mass is 541 g/mol. The van der Waals surface area contributed by atoms with Crippen LogP contribution in [0.4, 0.5) is 5.82 Å². The van der Waals surface area contributed by atoms with Crippen LogP contribution in [0.5, 0.6) is 5.75 Å². The summed E-state index contributed by atoms with van der Waals surface area (Å²) in [5.74, 6) is 1.99. The standard InChI is InChI=1S/C25H25Cl2N7O3/c1-13-21(14(2)37-33-13)23-22(27)25(34-10-19-20(11-34)30-7-6-29-19)32-24(31-23)17-8-16(4-5-18(17)26)36-12-15(35)9-28-3/h4-8,15,28,35H,9-12H2,1-3H3. The largest absolute Gasteiger partial charge is 0.491 e. The number of aromatic nitrogens is 5. The molecule has 192 valence electrons. The number of ether oxygens (including phenoxy) is 1. The Kier molecular flexibility index (Phi) is 7.25.